The quantitative estimate of drug-likeness (QED) is 0.373. The van der Waals surface area contributed by atoms with Crippen LogP contribution in [0.25, 0.3) is 0 Å². The zero-order valence-electron chi connectivity index (χ0n) is 14.0. The van der Waals surface area contributed by atoms with E-state index in [0.717, 1.165) is 0 Å². The first-order valence-corrected chi connectivity index (χ1v) is 7.67. The Morgan fingerprint density at radius 3 is 1.55 bits per heavy atom. The van der Waals surface area contributed by atoms with Gasteiger partial charge in [-0.05, 0) is 26.7 Å². The molecule has 0 rings (SSSR count). The highest BCUT2D eigenvalue weighted by molar-refractivity contribution is 6.01. The third-order valence-corrected chi connectivity index (χ3v) is 4.31. The summed E-state index contributed by atoms with van der Waals surface area (Å²) in [6.07, 6.45) is 12.2. The largest absolute Gasteiger partial charge is 0.465 e. The first kappa shape index (κ1) is 20.1. The number of esters is 2. The minimum absolute atomic E-state index is 0.0893. The standard InChI is InChI=1S/C18H26O4/c1-7-13-17(9-3,10-4)18(14-8-2,15(19)21-11-5)16(20)22-12-6/h1-2H,9-14H2,3-6H3. The predicted molar refractivity (Wildman–Crippen MR) is 85.6 cm³/mol. The van der Waals surface area contributed by atoms with E-state index in [1.807, 2.05) is 13.8 Å². The van der Waals surface area contributed by atoms with Gasteiger partial charge >= 0.3 is 11.9 Å². The third-order valence-electron chi connectivity index (χ3n) is 4.31. The Labute approximate surface area is 133 Å². The summed E-state index contributed by atoms with van der Waals surface area (Å²) in [5.41, 5.74) is -2.35. The molecule has 0 atom stereocenters. The molecule has 0 heterocycles. The SMILES string of the molecule is C#CCC(CC)(CC)C(CC#C)(C(=O)OCC)C(=O)OCC. The molecule has 4 heteroatoms. The molecule has 0 unspecified atom stereocenters. The van der Waals surface area contributed by atoms with Gasteiger partial charge in [-0.2, -0.15) is 0 Å². The average molecular weight is 306 g/mol. The summed E-state index contributed by atoms with van der Waals surface area (Å²) in [4.78, 5) is 25.4. The number of hydrogen-bond acceptors (Lipinski definition) is 4. The molecule has 0 amide bonds. The van der Waals surface area contributed by atoms with Crippen LogP contribution in [-0.4, -0.2) is 25.2 Å². The molecule has 0 aromatic heterocycles. The Kier molecular flexibility index (Phi) is 8.35. The summed E-state index contributed by atoms with van der Waals surface area (Å²) >= 11 is 0. The van der Waals surface area contributed by atoms with Gasteiger partial charge in [-0.1, -0.05) is 13.8 Å². The summed E-state index contributed by atoms with van der Waals surface area (Å²) in [7, 11) is 0. The van der Waals surface area contributed by atoms with Crippen molar-refractivity contribution in [3.63, 3.8) is 0 Å². The lowest BCUT2D eigenvalue weighted by Crippen LogP contribution is -2.54. The lowest BCUT2D eigenvalue weighted by atomic mass is 9.57. The van der Waals surface area contributed by atoms with Crippen molar-refractivity contribution in [1.29, 1.82) is 0 Å². The molecule has 0 saturated carbocycles. The van der Waals surface area contributed by atoms with Crippen LogP contribution in [0.1, 0.15) is 53.4 Å². The highest BCUT2D eigenvalue weighted by Gasteiger charge is 2.61. The maximum Gasteiger partial charge on any atom is 0.325 e. The summed E-state index contributed by atoms with van der Waals surface area (Å²) in [5, 5.41) is 0. The molecule has 122 valence electrons. The van der Waals surface area contributed by atoms with Gasteiger partial charge in [-0.25, -0.2) is 0 Å². The van der Waals surface area contributed by atoms with Crippen LogP contribution in [0.2, 0.25) is 0 Å². The van der Waals surface area contributed by atoms with Crippen molar-refractivity contribution in [2.45, 2.75) is 53.4 Å². The number of ether oxygens (including phenoxy) is 2. The molecule has 0 spiro atoms. The topological polar surface area (TPSA) is 52.6 Å². The van der Waals surface area contributed by atoms with E-state index >= 15 is 0 Å². The van der Waals surface area contributed by atoms with Crippen molar-refractivity contribution in [3.8, 4) is 24.7 Å². The van der Waals surface area contributed by atoms with Gasteiger partial charge in [-0.15, -0.1) is 24.7 Å². The van der Waals surface area contributed by atoms with Crippen LogP contribution in [0, 0.1) is 35.5 Å². The average Bonchev–Trinajstić information content (AvgIpc) is 2.51. The number of carbonyl (C=O) groups excluding carboxylic acids is 2. The fourth-order valence-corrected chi connectivity index (χ4v) is 2.96. The molecule has 0 aliphatic carbocycles. The highest BCUT2D eigenvalue weighted by Crippen LogP contribution is 2.51. The molecule has 0 radical (unpaired) electrons. The molecule has 0 N–H and O–H groups in total. The Morgan fingerprint density at radius 1 is 0.864 bits per heavy atom. The van der Waals surface area contributed by atoms with Crippen molar-refractivity contribution in [2.24, 2.45) is 10.8 Å². The Morgan fingerprint density at radius 2 is 1.27 bits per heavy atom. The molecule has 4 nitrogen and oxygen atoms in total. The minimum atomic E-state index is -1.57. The van der Waals surface area contributed by atoms with Crippen molar-refractivity contribution in [1.82, 2.24) is 0 Å². The van der Waals surface area contributed by atoms with Crippen molar-refractivity contribution in [3.05, 3.63) is 0 Å². The second-order valence-electron chi connectivity index (χ2n) is 5.10. The van der Waals surface area contributed by atoms with Crippen molar-refractivity contribution < 1.29 is 19.1 Å². The normalized spacial score (nSPS) is 11.2. The fourth-order valence-electron chi connectivity index (χ4n) is 2.96. The van der Waals surface area contributed by atoms with Gasteiger partial charge < -0.3 is 9.47 Å². The van der Waals surface area contributed by atoms with E-state index in [-0.39, 0.29) is 26.1 Å². The monoisotopic (exact) mass is 306 g/mol. The van der Waals surface area contributed by atoms with Gasteiger partial charge in [0.25, 0.3) is 0 Å². The summed E-state index contributed by atoms with van der Waals surface area (Å²) < 4.78 is 10.4. The molecular formula is C18H26O4. The van der Waals surface area contributed by atoms with E-state index in [1.165, 1.54) is 0 Å². The molecule has 0 aromatic rings. The van der Waals surface area contributed by atoms with Gasteiger partial charge in [0.1, 0.15) is 0 Å². The molecule has 22 heavy (non-hydrogen) atoms. The van der Waals surface area contributed by atoms with Crippen LogP contribution in [0.15, 0.2) is 0 Å². The number of rotatable bonds is 9. The van der Waals surface area contributed by atoms with E-state index in [4.69, 9.17) is 22.3 Å². The molecule has 0 aromatic carbocycles. The van der Waals surface area contributed by atoms with E-state index < -0.39 is 22.8 Å². The van der Waals surface area contributed by atoms with Gasteiger partial charge in [0, 0.05) is 18.3 Å². The molecule has 0 saturated heterocycles. The van der Waals surface area contributed by atoms with Crippen LogP contribution in [0.3, 0.4) is 0 Å². The predicted octanol–water partition coefficient (Wildman–Crippen LogP) is 2.95. The fraction of sp³-hybridized carbons (Fsp3) is 0.667. The molecule has 0 fully saturated rings. The van der Waals surface area contributed by atoms with Gasteiger partial charge in [0.15, 0.2) is 5.41 Å². The Hall–Kier alpha value is -1.94. The maximum absolute atomic E-state index is 12.7. The summed E-state index contributed by atoms with van der Waals surface area (Å²) in [6, 6.07) is 0. The van der Waals surface area contributed by atoms with E-state index in [9.17, 15) is 9.59 Å². The number of hydrogen-bond donors (Lipinski definition) is 0. The third kappa shape index (κ3) is 3.45. The van der Waals surface area contributed by atoms with Crippen LogP contribution in [0.5, 0.6) is 0 Å². The van der Waals surface area contributed by atoms with Gasteiger partial charge in [-0.3, -0.25) is 9.59 Å². The Bertz CT molecular complexity index is 442. The molecule has 0 aliphatic rings. The molecule has 0 aliphatic heterocycles. The zero-order valence-corrected chi connectivity index (χ0v) is 14.0. The van der Waals surface area contributed by atoms with Crippen molar-refractivity contribution >= 4 is 11.9 Å². The van der Waals surface area contributed by atoms with E-state index in [0.29, 0.717) is 12.8 Å². The number of terminal acetylenes is 2. The summed E-state index contributed by atoms with van der Waals surface area (Å²) in [6.45, 7) is 7.47. The van der Waals surface area contributed by atoms with Crippen LogP contribution in [0.4, 0.5) is 0 Å². The summed E-state index contributed by atoms with van der Waals surface area (Å²) in [5.74, 6) is 3.74. The highest BCUT2D eigenvalue weighted by atomic mass is 16.6. The van der Waals surface area contributed by atoms with E-state index in [1.54, 1.807) is 13.8 Å². The maximum atomic E-state index is 12.7. The second kappa shape index (κ2) is 9.15. The van der Waals surface area contributed by atoms with Crippen LogP contribution >= 0.6 is 0 Å². The second-order valence-corrected chi connectivity index (χ2v) is 5.10. The lowest BCUT2D eigenvalue weighted by Gasteiger charge is -2.44. The van der Waals surface area contributed by atoms with Crippen LogP contribution in [-0.2, 0) is 19.1 Å². The molecular weight excluding hydrogens is 280 g/mol. The first-order chi connectivity index (χ1) is 10.5. The van der Waals surface area contributed by atoms with Gasteiger partial charge in [0.2, 0.25) is 0 Å². The number of carbonyl (C=O) groups is 2. The van der Waals surface area contributed by atoms with Gasteiger partial charge in [0.05, 0.1) is 13.2 Å². The Balaban J connectivity index is 6.34. The smallest absolute Gasteiger partial charge is 0.325 e. The van der Waals surface area contributed by atoms with E-state index in [2.05, 4.69) is 11.8 Å². The molecule has 0 bridgehead atoms. The zero-order chi connectivity index (χ0) is 17.2. The lowest BCUT2D eigenvalue weighted by molar-refractivity contribution is -0.184. The minimum Gasteiger partial charge on any atom is -0.465 e. The van der Waals surface area contributed by atoms with Crippen molar-refractivity contribution in [2.75, 3.05) is 13.2 Å². The first-order valence-electron chi connectivity index (χ1n) is 7.67. The van der Waals surface area contributed by atoms with Crippen LogP contribution < -0.4 is 0 Å².